The van der Waals surface area contributed by atoms with Gasteiger partial charge < -0.3 is 9.30 Å². The number of benzene rings is 2. The van der Waals surface area contributed by atoms with E-state index in [1.165, 1.54) is 10.6 Å². The van der Waals surface area contributed by atoms with Crippen LogP contribution in [0.15, 0.2) is 76.6 Å². The van der Waals surface area contributed by atoms with Crippen LogP contribution in [0.4, 0.5) is 0 Å². The van der Waals surface area contributed by atoms with Gasteiger partial charge in [-0.1, -0.05) is 36.4 Å². The first kappa shape index (κ1) is 21.2. The van der Waals surface area contributed by atoms with Gasteiger partial charge in [-0.3, -0.25) is 9.59 Å². The number of nitrogens with zero attached hydrogens (tertiary/aromatic N) is 2. The molecule has 1 atom stereocenters. The lowest BCUT2D eigenvalue weighted by Gasteiger charge is -2.14. The molecular formula is C24H24N2O4S. The van der Waals surface area contributed by atoms with Crippen molar-refractivity contribution >= 4 is 16.8 Å². The summed E-state index contributed by atoms with van der Waals surface area (Å²) in [6.07, 6.45) is 3.59. The topological polar surface area (TPSA) is 68.6 Å². The van der Waals surface area contributed by atoms with Gasteiger partial charge in [0.1, 0.15) is 16.7 Å². The zero-order valence-electron chi connectivity index (χ0n) is 17.3. The van der Waals surface area contributed by atoms with Gasteiger partial charge in [-0.15, -0.1) is 0 Å². The standard InChI is InChI=1S/C24H24N2O4S/c1-30-21-10-8-19(9-11-21)18-4-6-20(7-5-18)23(27)17-25-16-22(12-13-24(25)28)31(29)26-14-2-3-15-26/h4-13,16H,2-3,14-15,17H2,1H3. The number of rotatable bonds is 7. The van der Waals surface area contributed by atoms with Gasteiger partial charge in [0.05, 0.1) is 18.6 Å². The Morgan fingerprint density at radius 1 is 0.935 bits per heavy atom. The number of methoxy groups -OCH3 is 1. The Morgan fingerprint density at radius 2 is 1.55 bits per heavy atom. The number of Topliss-reactive ketones (excluding diaryl/α,β-unsaturated/α-hetero) is 1. The average molecular weight is 437 g/mol. The van der Waals surface area contributed by atoms with Crippen molar-refractivity contribution in [2.45, 2.75) is 24.3 Å². The van der Waals surface area contributed by atoms with Crippen LogP contribution in [0.2, 0.25) is 0 Å². The molecule has 7 heteroatoms. The molecule has 1 aromatic heterocycles. The molecule has 1 aliphatic rings. The molecule has 0 saturated carbocycles. The molecule has 0 spiro atoms. The van der Waals surface area contributed by atoms with Crippen molar-refractivity contribution in [3.63, 3.8) is 0 Å². The minimum absolute atomic E-state index is 0.0915. The number of pyridine rings is 1. The number of carbonyl (C=O) groups excluding carboxylic acids is 1. The molecule has 2 aromatic carbocycles. The molecule has 1 saturated heterocycles. The highest BCUT2D eigenvalue weighted by Crippen LogP contribution is 2.23. The summed E-state index contributed by atoms with van der Waals surface area (Å²) in [6.45, 7) is 1.47. The van der Waals surface area contributed by atoms with Crippen LogP contribution in [0.25, 0.3) is 11.1 Å². The van der Waals surface area contributed by atoms with Crippen molar-refractivity contribution < 1.29 is 13.7 Å². The highest BCUT2D eigenvalue weighted by atomic mass is 32.2. The SMILES string of the molecule is COc1ccc(-c2ccc(C(=O)Cn3cc(S(=O)N4CCCC4)ccc3=O)cc2)cc1. The third-order valence-corrected chi connectivity index (χ3v) is 6.88. The third kappa shape index (κ3) is 4.84. The summed E-state index contributed by atoms with van der Waals surface area (Å²) < 4.78 is 21.1. The lowest BCUT2D eigenvalue weighted by atomic mass is 10.0. The Hall–Kier alpha value is -3.03. The fraction of sp³-hybridized carbons (Fsp3) is 0.250. The van der Waals surface area contributed by atoms with Crippen molar-refractivity contribution in [3.05, 3.63) is 82.8 Å². The normalized spacial score (nSPS) is 15.0. The van der Waals surface area contributed by atoms with Gasteiger partial charge in [-0.2, -0.15) is 0 Å². The number of ketones is 1. The zero-order chi connectivity index (χ0) is 21.8. The van der Waals surface area contributed by atoms with E-state index in [9.17, 15) is 13.8 Å². The fourth-order valence-electron chi connectivity index (χ4n) is 3.62. The number of hydrogen-bond donors (Lipinski definition) is 0. The first-order chi connectivity index (χ1) is 15.0. The van der Waals surface area contributed by atoms with Crippen LogP contribution in [0, 0.1) is 0 Å². The Kier molecular flexibility index (Phi) is 6.44. The maximum atomic E-state index is 12.8. The molecule has 0 N–H and O–H groups in total. The summed E-state index contributed by atoms with van der Waals surface area (Å²) in [5.74, 6) is 0.612. The maximum Gasteiger partial charge on any atom is 0.251 e. The van der Waals surface area contributed by atoms with E-state index in [0.29, 0.717) is 10.5 Å². The van der Waals surface area contributed by atoms with Crippen LogP contribution < -0.4 is 10.3 Å². The zero-order valence-corrected chi connectivity index (χ0v) is 18.1. The van der Waals surface area contributed by atoms with Gasteiger partial charge in [0, 0.05) is 30.9 Å². The van der Waals surface area contributed by atoms with E-state index < -0.39 is 11.0 Å². The van der Waals surface area contributed by atoms with Crippen LogP contribution in [-0.4, -0.2) is 39.1 Å². The van der Waals surface area contributed by atoms with Crippen molar-refractivity contribution in [2.24, 2.45) is 0 Å². The number of hydrogen-bond acceptors (Lipinski definition) is 4. The van der Waals surface area contributed by atoms with Crippen LogP contribution in [-0.2, 0) is 17.5 Å². The Morgan fingerprint density at radius 3 is 2.16 bits per heavy atom. The minimum Gasteiger partial charge on any atom is -0.497 e. The molecule has 0 bridgehead atoms. The second-order valence-electron chi connectivity index (χ2n) is 7.45. The maximum absolute atomic E-state index is 12.8. The molecule has 1 aliphatic heterocycles. The van der Waals surface area contributed by atoms with Crippen LogP contribution in [0.5, 0.6) is 5.75 Å². The lowest BCUT2D eigenvalue weighted by molar-refractivity contribution is 0.0970. The quantitative estimate of drug-likeness (QED) is 0.532. The predicted molar refractivity (Wildman–Crippen MR) is 121 cm³/mol. The molecule has 2 heterocycles. The molecule has 0 radical (unpaired) electrons. The van der Waals surface area contributed by atoms with E-state index >= 15 is 0 Å². The van der Waals surface area contributed by atoms with Crippen molar-refractivity contribution in [1.29, 1.82) is 0 Å². The number of aromatic nitrogens is 1. The Labute approximate surface area is 183 Å². The van der Waals surface area contributed by atoms with E-state index in [4.69, 9.17) is 4.74 Å². The van der Waals surface area contributed by atoms with Gasteiger partial charge >= 0.3 is 0 Å². The van der Waals surface area contributed by atoms with E-state index in [0.717, 1.165) is 42.8 Å². The highest BCUT2D eigenvalue weighted by molar-refractivity contribution is 7.82. The van der Waals surface area contributed by atoms with Crippen LogP contribution >= 0.6 is 0 Å². The highest BCUT2D eigenvalue weighted by Gasteiger charge is 2.20. The molecule has 6 nitrogen and oxygen atoms in total. The summed E-state index contributed by atoms with van der Waals surface area (Å²) in [5.41, 5.74) is 2.24. The third-order valence-electron chi connectivity index (χ3n) is 5.40. The largest absolute Gasteiger partial charge is 0.497 e. The molecular weight excluding hydrogens is 412 g/mol. The summed E-state index contributed by atoms with van der Waals surface area (Å²) >= 11 is 0. The average Bonchev–Trinajstić information content (AvgIpc) is 3.35. The smallest absolute Gasteiger partial charge is 0.251 e. The van der Waals surface area contributed by atoms with E-state index in [2.05, 4.69) is 0 Å². The van der Waals surface area contributed by atoms with E-state index in [-0.39, 0.29) is 17.9 Å². The van der Waals surface area contributed by atoms with Crippen molar-refractivity contribution in [2.75, 3.05) is 20.2 Å². The molecule has 160 valence electrons. The molecule has 1 unspecified atom stereocenters. The number of carbonyl (C=O) groups is 1. The van der Waals surface area contributed by atoms with Gasteiger partial charge in [-0.05, 0) is 42.2 Å². The molecule has 1 fully saturated rings. The second-order valence-corrected chi connectivity index (χ2v) is 8.93. The summed E-state index contributed by atoms with van der Waals surface area (Å²) in [4.78, 5) is 25.6. The van der Waals surface area contributed by atoms with E-state index in [1.807, 2.05) is 40.7 Å². The first-order valence-corrected chi connectivity index (χ1v) is 11.3. The monoisotopic (exact) mass is 436 g/mol. The molecule has 0 amide bonds. The van der Waals surface area contributed by atoms with Gasteiger partial charge in [0.15, 0.2) is 5.78 Å². The fourth-order valence-corrected chi connectivity index (χ4v) is 4.91. The predicted octanol–water partition coefficient (Wildman–Crippen LogP) is 3.53. The Balaban J connectivity index is 1.49. The summed E-state index contributed by atoms with van der Waals surface area (Å²) in [7, 11) is 0.315. The molecule has 0 aliphatic carbocycles. The summed E-state index contributed by atoms with van der Waals surface area (Å²) in [5, 5.41) is 0. The minimum atomic E-state index is -1.31. The van der Waals surface area contributed by atoms with E-state index in [1.54, 1.807) is 31.5 Å². The molecule has 31 heavy (non-hydrogen) atoms. The van der Waals surface area contributed by atoms with Gasteiger partial charge in [-0.25, -0.2) is 8.51 Å². The van der Waals surface area contributed by atoms with Crippen molar-refractivity contribution in [3.8, 4) is 16.9 Å². The Bertz CT molecular complexity index is 1150. The van der Waals surface area contributed by atoms with Crippen LogP contribution in [0.1, 0.15) is 23.2 Å². The van der Waals surface area contributed by atoms with Crippen LogP contribution in [0.3, 0.4) is 0 Å². The molecule has 3 aromatic rings. The van der Waals surface area contributed by atoms with Gasteiger partial charge in [0.25, 0.3) is 5.56 Å². The lowest BCUT2D eigenvalue weighted by Crippen LogP contribution is -2.27. The van der Waals surface area contributed by atoms with Gasteiger partial charge in [0.2, 0.25) is 0 Å². The molecule has 4 rings (SSSR count). The number of ether oxygens (including phenoxy) is 1. The first-order valence-electron chi connectivity index (χ1n) is 10.2. The second kappa shape index (κ2) is 9.41. The summed E-state index contributed by atoms with van der Waals surface area (Å²) in [6, 6.07) is 18.0. The van der Waals surface area contributed by atoms with Crippen molar-refractivity contribution in [1.82, 2.24) is 8.87 Å².